The number of carbonyl (C=O) groups excluding carboxylic acids is 1. The lowest BCUT2D eigenvalue weighted by Gasteiger charge is -2.09. The number of carbonyl (C=O) groups is 1. The number of nitrogens with zero attached hydrogens (tertiary/aromatic N) is 1. The Bertz CT molecular complexity index is 569. The molecule has 0 aliphatic carbocycles. The third-order valence-electron chi connectivity index (χ3n) is 1.95. The SMILES string of the molecule is CCOC(=O)c1cc(C(F)(F)F)[nH]c(=O)c1C#N. The van der Waals surface area contributed by atoms with E-state index in [1.807, 2.05) is 0 Å². The predicted molar refractivity (Wildman–Crippen MR) is 52.7 cm³/mol. The highest BCUT2D eigenvalue weighted by Crippen LogP contribution is 2.27. The molecule has 1 heterocycles. The van der Waals surface area contributed by atoms with Crippen LogP contribution < -0.4 is 5.56 Å². The van der Waals surface area contributed by atoms with Crippen LogP contribution in [0.5, 0.6) is 0 Å². The Balaban J connectivity index is 3.48. The molecule has 1 aromatic rings. The maximum absolute atomic E-state index is 12.4. The molecule has 0 aromatic carbocycles. The molecule has 1 N–H and O–H groups in total. The van der Waals surface area contributed by atoms with Crippen molar-refractivity contribution in [2.45, 2.75) is 13.1 Å². The molecule has 96 valence electrons. The summed E-state index contributed by atoms with van der Waals surface area (Å²) in [5.41, 5.74) is -4.10. The van der Waals surface area contributed by atoms with Gasteiger partial charge in [-0.3, -0.25) is 4.79 Å². The number of H-pyrrole nitrogens is 1. The van der Waals surface area contributed by atoms with E-state index in [2.05, 4.69) is 4.74 Å². The van der Waals surface area contributed by atoms with Crippen molar-refractivity contribution >= 4 is 5.97 Å². The molecule has 0 aliphatic rings. The van der Waals surface area contributed by atoms with Gasteiger partial charge in [0.25, 0.3) is 5.56 Å². The van der Waals surface area contributed by atoms with E-state index in [0.29, 0.717) is 6.07 Å². The van der Waals surface area contributed by atoms with Crippen molar-refractivity contribution in [3.05, 3.63) is 33.2 Å². The predicted octanol–water partition coefficient (Wildman–Crippen LogP) is 1.44. The summed E-state index contributed by atoms with van der Waals surface area (Å²) in [4.78, 5) is 24.1. The summed E-state index contributed by atoms with van der Waals surface area (Å²) in [6.07, 6.45) is -4.83. The largest absolute Gasteiger partial charge is 0.462 e. The lowest BCUT2D eigenvalue weighted by Crippen LogP contribution is -2.23. The third-order valence-corrected chi connectivity index (χ3v) is 1.95. The van der Waals surface area contributed by atoms with Crippen LogP contribution in [-0.2, 0) is 10.9 Å². The van der Waals surface area contributed by atoms with Crippen LogP contribution in [-0.4, -0.2) is 17.6 Å². The number of aromatic amines is 1. The van der Waals surface area contributed by atoms with Gasteiger partial charge in [0.05, 0.1) is 12.2 Å². The highest BCUT2D eigenvalue weighted by atomic mass is 19.4. The summed E-state index contributed by atoms with van der Waals surface area (Å²) in [5, 5.41) is 8.65. The highest BCUT2D eigenvalue weighted by molar-refractivity contribution is 5.92. The quantitative estimate of drug-likeness (QED) is 0.815. The monoisotopic (exact) mass is 260 g/mol. The third kappa shape index (κ3) is 2.68. The smallest absolute Gasteiger partial charge is 0.431 e. The molecule has 0 atom stereocenters. The van der Waals surface area contributed by atoms with Crippen LogP contribution in [0.15, 0.2) is 10.9 Å². The van der Waals surface area contributed by atoms with E-state index in [1.54, 1.807) is 0 Å². The Kier molecular flexibility index (Phi) is 3.76. The molecule has 0 saturated heterocycles. The lowest BCUT2D eigenvalue weighted by molar-refractivity contribution is -0.141. The first-order valence-electron chi connectivity index (χ1n) is 4.73. The molecule has 0 spiro atoms. The van der Waals surface area contributed by atoms with E-state index in [9.17, 15) is 22.8 Å². The number of ether oxygens (including phenoxy) is 1. The van der Waals surface area contributed by atoms with Crippen LogP contribution >= 0.6 is 0 Å². The van der Waals surface area contributed by atoms with Crippen LogP contribution in [0.25, 0.3) is 0 Å². The summed E-state index contributed by atoms with van der Waals surface area (Å²) in [6, 6.07) is 1.76. The van der Waals surface area contributed by atoms with Crippen LogP contribution in [0, 0.1) is 11.3 Å². The number of nitrogens with one attached hydrogen (secondary N) is 1. The first kappa shape index (κ1) is 13.8. The van der Waals surface area contributed by atoms with Gasteiger partial charge in [0.1, 0.15) is 17.3 Å². The van der Waals surface area contributed by atoms with Gasteiger partial charge in [0, 0.05) is 0 Å². The maximum Gasteiger partial charge on any atom is 0.431 e. The molecular formula is C10H7F3N2O3. The molecule has 0 amide bonds. The Morgan fingerprint density at radius 2 is 2.17 bits per heavy atom. The minimum Gasteiger partial charge on any atom is -0.462 e. The summed E-state index contributed by atoms with van der Waals surface area (Å²) < 4.78 is 41.8. The first-order chi connectivity index (χ1) is 8.31. The van der Waals surface area contributed by atoms with Gasteiger partial charge >= 0.3 is 12.1 Å². The van der Waals surface area contributed by atoms with Crippen molar-refractivity contribution < 1.29 is 22.7 Å². The molecule has 8 heteroatoms. The Morgan fingerprint density at radius 3 is 2.61 bits per heavy atom. The molecule has 5 nitrogen and oxygen atoms in total. The lowest BCUT2D eigenvalue weighted by atomic mass is 10.1. The van der Waals surface area contributed by atoms with Gasteiger partial charge in [-0.15, -0.1) is 0 Å². The number of aromatic nitrogens is 1. The second-order valence-electron chi connectivity index (χ2n) is 3.13. The van der Waals surface area contributed by atoms with Gasteiger partial charge in [0.2, 0.25) is 0 Å². The molecule has 0 radical (unpaired) electrons. The van der Waals surface area contributed by atoms with Crippen molar-refractivity contribution in [1.82, 2.24) is 4.98 Å². The molecular weight excluding hydrogens is 253 g/mol. The van der Waals surface area contributed by atoms with E-state index in [4.69, 9.17) is 5.26 Å². The van der Waals surface area contributed by atoms with Crippen LogP contribution in [0.2, 0.25) is 0 Å². The number of alkyl halides is 3. The molecule has 0 saturated carbocycles. The van der Waals surface area contributed by atoms with Crippen LogP contribution in [0.3, 0.4) is 0 Å². The Labute approximate surface area is 98.8 Å². The van der Waals surface area contributed by atoms with Gasteiger partial charge in [-0.05, 0) is 13.0 Å². The molecule has 1 rings (SSSR count). The zero-order chi connectivity index (χ0) is 13.9. The van der Waals surface area contributed by atoms with Gasteiger partial charge in [-0.1, -0.05) is 0 Å². The standard InChI is InChI=1S/C10H7F3N2O3/c1-2-18-9(17)5-3-7(10(11,12)13)15-8(16)6(5)4-14/h3H,2H2,1H3,(H,15,16). The van der Waals surface area contributed by atoms with Gasteiger partial charge in [-0.25, -0.2) is 4.79 Å². The molecule has 0 bridgehead atoms. The van der Waals surface area contributed by atoms with Gasteiger partial charge in [-0.2, -0.15) is 18.4 Å². The molecule has 1 aromatic heterocycles. The average molecular weight is 260 g/mol. The van der Waals surface area contributed by atoms with Crippen molar-refractivity contribution in [2.75, 3.05) is 6.61 Å². The van der Waals surface area contributed by atoms with Crippen molar-refractivity contribution in [2.24, 2.45) is 0 Å². The first-order valence-corrected chi connectivity index (χ1v) is 4.73. The fraction of sp³-hybridized carbons (Fsp3) is 0.300. The maximum atomic E-state index is 12.4. The highest BCUT2D eigenvalue weighted by Gasteiger charge is 2.34. The fourth-order valence-electron chi connectivity index (χ4n) is 1.19. The van der Waals surface area contributed by atoms with Crippen LogP contribution in [0.4, 0.5) is 13.2 Å². The second kappa shape index (κ2) is 4.91. The summed E-state index contributed by atoms with van der Waals surface area (Å²) in [5.74, 6) is -1.15. The number of pyridine rings is 1. The van der Waals surface area contributed by atoms with Crippen molar-refractivity contribution in [3.8, 4) is 6.07 Å². The molecule has 18 heavy (non-hydrogen) atoms. The zero-order valence-electron chi connectivity index (χ0n) is 9.09. The zero-order valence-corrected chi connectivity index (χ0v) is 9.09. The minimum absolute atomic E-state index is 0.0855. The average Bonchev–Trinajstić information content (AvgIpc) is 2.27. The number of rotatable bonds is 2. The van der Waals surface area contributed by atoms with Crippen LogP contribution in [0.1, 0.15) is 28.5 Å². The number of hydrogen-bond donors (Lipinski definition) is 1. The molecule has 0 aliphatic heterocycles. The summed E-state index contributed by atoms with van der Waals surface area (Å²) in [7, 11) is 0. The normalized spacial score (nSPS) is 10.8. The van der Waals surface area contributed by atoms with E-state index in [-0.39, 0.29) is 6.61 Å². The Hall–Kier alpha value is -2.30. The fourth-order valence-corrected chi connectivity index (χ4v) is 1.19. The van der Waals surface area contributed by atoms with E-state index >= 15 is 0 Å². The van der Waals surface area contributed by atoms with Crippen molar-refractivity contribution in [1.29, 1.82) is 5.26 Å². The summed E-state index contributed by atoms with van der Waals surface area (Å²) in [6.45, 7) is 1.36. The Morgan fingerprint density at radius 1 is 1.56 bits per heavy atom. The van der Waals surface area contributed by atoms with E-state index in [0.717, 1.165) is 0 Å². The summed E-state index contributed by atoms with van der Waals surface area (Å²) >= 11 is 0. The van der Waals surface area contributed by atoms with E-state index in [1.165, 1.54) is 18.0 Å². The number of halogens is 3. The van der Waals surface area contributed by atoms with Gasteiger partial charge < -0.3 is 9.72 Å². The van der Waals surface area contributed by atoms with Gasteiger partial charge in [0.15, 0.2) is 0 Å². The molecule has 0 unspecified atom stereocenters. The number of nitriles is 1. The molecule has 0 fully saturated rings. The topological polar surface area (TPSA) is 83.0 Å². The second-order valence-corrected chi connectivity index (χ2v) is 3.13. The number of esters is 1. The van der Waals surface area contributed by atoms with Crippen molar-refractivity contribution in [3.63, 3.8) is 0 Å². The minimum atomic E-state index is -4.83. The number of hydrogen-bond acceptors (Lipinski definition) is 4. The van der Waals surface area contributed by atoms with E-state index < -0.39 is 34.5 Å².